The highest BCUT2D eigenvalue weighted by Gasteiger charge is 2.15. The van der Waals surface area contributed by atoms with Gasteiger partial charge in [-0.25, -0.2) is 0 Å². The Kier molecular flexibility index (Phi) is 9.35. The first kappa shape index (κ1) is 21.9. The van der Waals surface area contributed by atoms with Crippen LogP contribution in [0.5, 0.6) is 5.75 Å². The number of hydrazine groups is 1. The monoisotopic (exact) mass is 378 g/mol. The van der Waals surface area contributed by atoms with Gasteiger partial charge >= 0.3 is 11.8 Å². The first-order chi connectivity index (χ1) is 12.8. The number of hydrogen-bond acceptors (Lipinski definition) is 5. The van der Waals surface area contributed by atoms with Crippen LogP contribution in [0, 0.1) is 0 Å². The Morgan fingerprint density at radius 2 is 1.67 bits per heavy atom. The fraction of sp³-hybridized carbons (Fsp3) is 0.444. The summed E-state index contributed by atoms with van der Waals surface area (Å²) in [5, 5.41) is 4.79. The minimum absolute atomic E-state index is 0.207. The normalized spacial score (nSPS) is 10.1. The summed E-state index contributed by atoms with van der Waals surface area (Å²) in [6.45, 7) is 5.72. The first-order valence-electron chi connectivity index (χ1n) is 8.74. The van der Waals surface area contributed by atoms with E-state index in [9.17, 15) is 19.2 Å². The summed E-state index contributed by atoms with van der Waals surface area (Å²) in [6, 6.07) is 6.33. The van der Waals surface area contributed by atoms with E-state index in [2.05, 4.69) is 17.6 Å². The Bertz CT molecular complexity index is 658. The lowest BCUT2D eigenvalue weighted by atomic mass is 10.2. The average molecular weight is 378 g/mol. The number of nitrogens with one attached hydrogen (secondary N) is 4. The van der Waals surface area contributed by atoms with Gasteiger partial charge in [-0.1, -0.05) is 13.3 Å². The largest absolute Gasteiger partial charge is 0.494 e. The van der Waals surface area contributed by atoms with Gasteiger partial charge in [0.05, 0.1) is 13.2 Å². The third-order valence-electron chi connectivity index (χ3n) is 3.23. The van der Waals surface area contributed by atoms with Crippen LogP contribution in [0.25, 0.3) is 0 Å². The third kappa shape index (κ3) is 8.70. The lowest BCUT2D eigenvalue weighted by Crippen LogP contribution is -2.51. The highest BCUT2D eigenvalue weighted by atomic mass is 16.5. The summed E-state index contributed by atoms with van der Waals surface area (Å²) in [4.78, 5) is 46.4. The zero-order chi connectivity index (χ0) is 20.2. The Hall–Kier alpha value is -3.10. The number of unbranched alkanes of at least 4 members (excludes halogenated alkanes) is 1. The van der Waals surface area contributed by atoms with Crippen molar-refractivity contribution in [1.82, 2.24) is 21.5 Å². The van der Waals surface area contributed by atoms with Gasteiger partial charge in [-0.05, 0) is 44.5 Å². The quantitative estimate of drug-likeness (QED) is 0.293. The van der Waals surface area contributed by atoms with E-state index < -0.39 is 23.6 Å². The summed E-state index contributed by atoms with van der Waals surface area (Å²) in [5.74, 6) is -2.32. The summed E-state index contributed by atoms with van der Waals surface area (Å²) in [7, 11) is 0. The average Bonchev–Trinajstić information content (AvgIpc) is 2.64. The van der Waals surface area contributed by atoms with Crippen molar-refractivity contribution in [2.24, 2.45) is 0 Å². The van der Waals surface area contributed by atoms with Crippen LogP contribution in [0.3, 0.4) is 0 Å². The van der Waals surface area contributed by atoms with E-state index in [0.29, 0.717) is 17.9 Å². The molecule has 0 aliphatic carbocycles. The van der Waals surface area contributed by atoms with Gasteiger partial charge in [0.25, 0.3) is 11.8 Å². The molecule has 9 nitrogen and oxygen atoms in total. The van der Waals surface area contributed by atoms with Gasteiger partial charge in [-0.3, -0.25) is 30.0 Å². The van der Waals surface area contributed by atoms with Crippen molar-refractivity contribution in [1.29, 1.82) is 0 Å². The number of carbonyl (C=O) groups excluding carboxylic acids is 4. The zero-order valence-corrected chi connectivity index (χ0v) is 15.8. The number of rotatable bonds is 8. The summed E-state index contributed by atoms with van der Waals surface area (Å²) in [5.41, 5.74) is 4.38. The molecule has 27 heavy (non-hydrogen) atoms. The predicted octanol–water partition coefficient (Wildman–Crippen LogP) is 0.267. The predicted molar refractivity (Wildman–Crippen MR) is 98.7 cm³/mol. The molecule has 0 aromatic heterocycles. The molecule has 1 aromatic rings. The van der Waals surface area contributed by atoms with Gasteiger partial charge in [-0.2, -0.15) is 0 Å². The summed E-state index contributed by atoms with van der Waals surface area (Å²) < 4.78 is 5.51. The second-order valence-corrected chi connectivity index (χ2v) is 6.04. The topological polar surface area (TPSA) is 126 Å². The Labute approximate surface area is 158 Å². The van der Waals surface area contributed by atoms with Crippen LogP contribution < -0.4 is 26.2 Å². The lowest BCUT2D eigenvalue weighted by Gasteiger charge is -2.10. The summed E-state index contributed by atoms with van der Waals surface area (Å²) in [6.07, 6.45) is 1.98. The zero-order valence-electron chi connectivity index (χ0n) is 15.8. The minimum Gasteiger partial charge on any atom is -0.494 e. The highest BCUT2D eigenvalue weighted by molar-refractivity contribution is 6.35. The molecule has 0 aliphatic rings. The van der Waals surface area contributed by atoms with Crippen molar-refractivity contribution < 1.29 is 23.9 Å². The van der Waals surface area contributed by atoms with E-state index in [1.807, 2.05) is 10.9 Å². The maximum Gasteiger partial charge on any atom is 0.327 e. The Balaban J connectivity index is 2.35. The van der Waals surface area contributed by atoms with Crippen LogP contribution in [-0.2, 0) is 14.4 Å². The van der Waals surface area contributed by atoms with Crippen molar-refractivity contribution in [2.75, 3.05) is 13.2 Å². The van der Waals surface area contributed by atoms with Gasteiger partial charge in [0.15, 0.2) is 0 Å². The van der Waals surface area contributed by atoms with E-state index in [-0.39, 0.29) is 12.6 Å². The summed E-state index contributed by atoms with van der Waals surface area (Å²) >= 11 is 0. The van der Waals surface area contributed by atoms with E-state index in [1.165, 1.54) is 0 Å². The molecule has 0 fully saturated rings. The van der Waals surface area contributed by atoms with Crippen LogP contribution in [0.2, 0.25) is 0 Å². The number of ether oxygens (including phenoxy) is 1. The number of benzene rings is 1. The lowest BCUT2D eigenvalue weighted by molar-refractivity contribution is -0.141. The Morgan fingerprint density at radius 3 is 2.26 bits per heavy atom. The molecule has 0 saturated carbocycles. The molecule has 9 heteroatoms. The molecule has 0 bridgehead atoms. The molecule has 4 N–H and O–H groups in total. The number of amides is 4. The fourth-order valence-corrected chi connectivity index (χ4v) is 1.85. The van der Waals surface area contributed by atoms with Crippen molar-refractivity contribution in [3.8, 4) is 5.75 Å². The van der Waals surface area contributed by atoms with Crippen LogP contribution in [-0.4, -0.2) is 42.8 Å². The van der Waals surface area contributed by atoms with Crippen molar-refractivity contribution in [3.05, 3.63) is 29.8 Å². The molecule has 0 spiro atoms. The third-order valence-corrected chi connectivity index (χ3v) is 3.23. The van der Waals surface area contributed by atoms with E-state index >= 15 is 0 Å². The van der Waals surface area contributed by atoms with E-state index in [1.54, 1.807) is 38.1 Å². The van der Waals surface area contributed by atoms with Crippen molar-refractivity contribution >= 4 is 23.6 Å². The molecule has 0 aliphatic heterocycles. The van der Waals surface area contributed by atoms with Crippen molar-refractivity contribution in [2.45, 2.75) is 39.7 Å². The molecular weight excluding hydrogens is 352 g/mol. The number of hydrogen-bond donors (Lipinski definition) is 4. The second-order valence-electron chi connectivity index (χ2n) is 6.04. The molecule has 0 atom stereocenters. The van der Waals surface area contributed by atoms with E-state index in [0.717, 1.165) is 12.8 Å². The molecule has 1 rings (SSSR count). The fourth-order valence-electron chi connectivity index (χ4n) is 1.85. The Morgan fingerprint density at radius 1 is 1.00 bits per heavy atom. The standard InChI is InChI=1S/C18H26N4O5/c1-4-5-10-27-14-8-6-13(7-9-14)16(24)19-11-15(23)21-22-18(26)17(25)20-12(2)3/h6-9,12H,4-5,10-11H2,1-3H3,(H,19,24)(H,20,25)(H,21,23)(H,22,26). The van der Waals surface area contributed by atoms with Crippen LogP contribution in [0.4, 0.5) is 0 Å². The van der Waals surface area contributed by atoms with Crippen LogP contribution in [0.15, 0.2) is 24.3 Å². The molecule has 0 unspecified atom stereocenters. The molecular formula is C18H26N4O5. The van der Waals surface area contributed by atoms with Gasteiger partial charge in [0.2, 0.25) is 0 Å². The molecule has 0 heterocycles. The maximum atomic E-state index is 12.0. The van der Waals surface area contributed by atoms with Gasteiger partial charge in [0, 0.05) is 11.6 Å². The number of carbonyl (C=O) groups is 4. The second kappa shape index (κ2) is 11.5. The minimum atomic E-state index is -0.998. The SMILES string of the molecule is CCCCOc1ccc(C(=O)NCC(=O)NNC(=O)C(=O)NC(C)C)cc1. The molecule has 0 radical (unpaired) electrons. The molecule has 1 aromatic carbocycles. The van der Waals surface area contributed by atoms with E-state index in [4.69, 9.17) is 4.74 Å². The van der Waals surface area contributed by atoms with Crippen LogP contribution in [0.1, 0.15) is 44.0 Å². The highest BCUT2D eigenvalue weighted by Crippen LogP contribution is 2.12. The molecule has 148 valence electrons. The van der Waals surface area contributed by atoms with Crippen LogP contribution >= 0.6 is 0 Å². The molecule has 0 saturated heterocycles. The first-order valence-corrected chi connectivity index (χ1v) is 8.74. The molecule has 4 amide bonds. The van der Waals surface area contributed by atoms with Gasteiger partial charge < -0.3 is 15.4 Å². The van der Waals surface area contributed by atoms with Gasteiger partial charge in [0.1, 0.15) is 5.75 Å². The van der Waals surface area contributed by atoms with Gasteiger partial charge in [-0.15, -0.1) is 0 Å². The smallest absolute Gasteiger partial charge is 0.327 e. The van der Waals surface area contributed by atoms with Crippen molar-refractivity contribution in [3.63, 3.8) is 0 Å². The maximum absolute atomic E-state index is 12.0.